The largest absolute Gasteiger partial charge is 0.409 e. The maximum Gasteiger partial charge on any atom is 0.153 e. The molecule has 0 heterocycles. The fraction of sp³-hybridized carbons (Fsp3) is 0.222. The maximum absolute atomic E-state index is 12.7. The first-order valence-corrected chi connectivity index (χ1v) is 4.14. The smallest absolute Gasteiger partial charge is 0.153 e. The summed E-state index contributed by atoms with van der Waals surface area (Å²) in [4.78, 5) is 0. The number of hydrogen-bond acceptors (Lipinski definition) is 3. The van der Waals surface area contributed by atoms with Gasteiger partial charge in [0.2, 0.25) is 0 Å². The van der Waals surface area contributed by atoms with E-state index in [4.69, 9.17) is 10.9 Å². The molecule has 76 valence electrons. The Bertz CT molecular complexity index is 328. The number of oxime groups is 1. The van der Waals surface area contributed by atoms with Crippen LogP contribution in [0, 0.1) is 5.82 Å². The highest BCUT2D eigenvalue weighted by Gasteiger charge is 1.96. The molecule has 0 saturated carbocycles. The van der Waals surface area contributed by atoms with Gasteiger partial charge in [0.25, 0.3) is 0 Å². The third-order valence-corrected chi connectivity index (χ3v) is 1.65. The van der Waals surface area contributed by atoms with E-state index in [1.165, 1.54) is 12.1 Å². The van der Waals surface area contributed by atoms with Crippen molar-refractivity contribution < 1.29 is 9.60 Å². The monoisotopic (exact) mass is 197 g/mol. The van der Waals surface area contributed by atoms with E-state index in [2.05, 4.69) is 10.5 Å². The molecule has 14 heavy (non-hydrogen) atoms. The SMILES string of the molecule is NC(CNCc1cccc(F)c1)=NO. The Morgan fingerprint density at radius 2 is 2.36 bits per heavy atom. The molecular weight excluding hydrogens is 185 g/mol. The standard InChI is InChI=1S/C9H12FN3O/c10-8-3-1-2-7(4-8)5-12-6-9(11)13-14/h1-4,12,14H,5-6H2,(H2,11,13). The highest BCUT2D eigenvalue weighted by molar-refractivity contribution is 5.81. The second-order valence-electron chi connectivity index (χ2n) is 2.82. The zero-order valence-corrected chi connectivity index (χ0v) is 7.57. The minimum atomic E-state index is -0.270. The van der Waals surface area contributed by atoms with Crippen LogP contribution in [-0.2, 0) is 6.54 Å². The Labute approximate surface area is 81.2 Å². The van der Waals surface area contributed by atoms with Gasteiger partial charge in [0.1, 0.15) is 5.82 Å². The molecular formula is C9H12FN3O. The first-order valence-electron chi connectivity index (χ1n) is 4.14. The second-order valence-corrected chi connectivity index (χ2v) is 2.82. The van der Waals surface area contributed by atoms with Crippen LogP contribution in [0.5, 0.6) is 0 Å². The maximum atomic E-state index is 12.7. The van der Waals surface area contributed by atoms with E-state index in [9.17, 15) is 4.39 Å². The van der Waals surface area contributed by atoms with Crippen LogP contribution in [0.1, 0.15) is 5.56 Å². The third kappa shape index (κ3) is 3.40. The fourth-order valence-electron chi connectivity index (χ4n) is 1.02. The molecule has 4 nitrogen and oxygen atoms in total. The lowest BCUT2D eigenvalue weighted by Gasteiger charge is -2.03. The normalized spacial score (nSPS) is 11.6. The van der Waals surface area contributed by atoms with E-state index in [0.29, 0.717) is 6.54 Å². The molecule has 0 bridgehead atoms. The number of nitrogens with zero attached hydrogens (tertiary/aromatic N) is 1. The molecule has 0 unspecified atom stereocenters. The van der Waals surface area contributed by atoms with E-state index in [1.807, 2.05) is 0 Å². The summed E-state index contributed by atoms with van der Waals surface area (Å²) in [5.41, 5.74) is 6.05. The van der Waals surface area contributed by atoms with Crippen LogP contribution in [0.25, 0.3) is 0 Å². The lowest BCUT2D eigenvalue weighted by molar-refractivity contribution is 0.317. The number of amidine groups is 1. The molecule has 0 radical (unpaired) electrons. The van der Waals surface area contributed by atoms with Crippen molar-refractivity contribution in [3.8, 4) is 0 Å². The second kappa shape index (κ2) is 5.18. The van der Waals surface area contributed by atoms with E-state index in [0.717, 1.165) is 5.56 Å². The van der Waals surface area contributed by atoms with Crippen LogP contribution in [0.3, 0.4) is 0 Å². The summed E-state index contributed by atoms with van der Waals surface area (Å²) in [6.07, 6.45) is 0. The Kier molecular flexibility index (Phi) is 3.87. The van der Waals surface area contributed by atoms with E-state index in [-0.39, 0.29) is 18.2 Å². The van der Waals surface area contributed by atoms with E-state index < -0.39 is 0 Å². The van der Waals surface area contributed by atoms with Crippen molar-refractivity contribution in [2.75, 3.05) is 6.54 Å². The van der Waals surface area contributed by atoms with Gasteiger partial charge in [0.15, 0.2) is 5.84 Å². The zero-order chi connectivity index (χ0) is 10.4. The van der Waals surface area contributed by atoms with Gasteiger partial charge in [-0.25, -0.2) is 4.39 Å². The summed E-state index contributed by atoms with van der Waals surface area (Å²) in [7, 11) is 0. The minimum Gasteiger partial charge on any atom is -0.409 e. The van der Waals surface area contributed by atoms with Crippen LogP contribution >= 0.6 is 0 Å². The van der Waals surface area contributed by atoms with Crippen molar-refractivity contribution in [3.05, 3.63) is 35.6 Å². The third-order valence-electron chi connectivity index (χ3n) is 1.65. The molecule has 0 spiro atoms. The first-order chi connectivity index (χ1) is 6.72. The Balaban J connectivity index is 2.39. The first kappa shape index (κ1) is 10.5. The Hall–Kier alpha value is -1.62. The molecule has 1 aromatic rings. The summed E-state index contributed by atoms with van der Waals surface area (Å²) in [5.74, 6) is -0.172. The molecule has 4 N–H and O–H groups in total. The molecule has 0 aliphatic rings. The number of benzene rings is 1. The van der Waals surface area contributed by atoms with Gasteiger partial charge in [-0.3, -0.25) is 0 Å². The molecule has 0 aliphatic heterocycles. The summed E-state index contributed by atoms with van der Waals surface area (Å²) in [6, 6.07) is 6.24. The topological polar surface area (TPSA) is 70.6 Å². The van der Waals surface area contributed by atoms with E-state index >= 15 is 0 Å². The predicted molar refractivity (Wildman–Crippen MR) is 51.5 cm³/mol. The summed E-state index contributed by atoms with van der Waals surface area (Å²) in [6.45, 7) is 0.751. The number of rotatable bonds is 4. The highest BCUT2D eigenvalue weighted by Crippen LogP contribution is 2.02. The van der Waals surface area contributed by atoms with Crippen molar-refractivity contribution in [1.29, 1.82) is 0 Å². The van der Waals surface area contributed by atoms with Crippen LogP contribution in [0.4, 0.5) is 4.39 Å². The quantitative estimate of drug-likeness (QED) is 0.287. The fourth-order valence-corrected chi connectivity index (χ4v) is 1.02. The van der Waals surface area contributed by atoms with Crippen LogP contribution in [0.2, 0.25) is 0 Å². The molecule has 1 aromatic carbocycles. The van der Waals surface area contributed by atoms with Gasteiger partial charge >= 0.3 is 0 Å². The Morgan fingerprint density at radius 3 is 3.00 bits per heavy atom. The van der Waals surface area contributed by atoms with Crippen molar-refractivity contribution in [2.24, 2.45) is 10.9 Å². The van der Waals surface area contributed by atoms with Gasteiger partial charge in [-0.15, -0.1) is 0 Å². The van der Waals surface area contributed by atoms with Gasteiger partial charge in [0, 0.05) is 6.54 Å². The zero-order valence-electron chi connectivity index (χ0n) is 7.57. The van der Waals surface area contributed by atoms with Crippen LogP contribution < -0.4 is 11.1 Å². The van der Waals surface area contributed by atoms with Crippen molar-refractivity contribution in [3.63, 3.8) is 0 Å². The predicted octanol–water partition coefficient (Wildman–Crippen LogP) is 0.662. The minimum absolute atomic E-state index is 0.0985. The van der Waals surface area contributed by atoms with Crippen molar-refractivity contribution in [2.45, 2.75) is 6.54 Å². The molecule has 0 amide bonds. The lowest BCUT2D eigenvalue weighted by Crippen LogP contribution is -2.28. The number of hydrogen-bond donors (Lipinski definition) is 3. The van der Waals surface area contributed by atoms with Gasteiger partial charge in [0.05, 0.1) is 6.54 Å². The average Bonchev–Trinajstić information content (AvgIpc) is 2.17. The molecule has 5 heteroatoms. The summed E-state index contributed by atoms with van der Waals surface area (Å²) in [5, 5.41) is 13.9. The molecule has 0 fully saturated rings. The van der Waals surface area contributed by atoms with Crippen molar-refractivity contribution in [1.82, 2.24) is 5.32 Å². The van der Waals surface area contributed by atoms with Crippen molar-refractivity contribution >= 4 is 5.84 Å². The molecule has 0 aliphatic carbocycles. The summed E-state index contributed by atoms with van der Waals surface area (Å²) < 4.78 is 12.7. The van der Waals surface area contributed by atoms with Crippen LogP contribution in [-0.4, -0.2) is 17.6 Å². The highest BCUT2D eigenvalue weighted by atomic mass is 19.1. The summed E-state index contributed by atoms with van der Waals surface area (Å²) >= 11 is 0. The molecule has 0 aromatic heterocycles. The molecule has 0 atom stereocenters. The average molecular weight is 197 g/mol. The van der Waals surface area contributed by atoms with Gasteiger partial charge in [-0.1, -0.05) is 17.3 Å². The van der Waals surface area contributed by atoms with Gasteiger partial charge in [-0.2, -0.15) is 0 Å². The molecule has 1 rings (SSSR count). The van der Waals surface area contributed by atoms with E-state index in [1.54, 1.807) is 12.1 Å². The lowest BCUT2D eigenvalue weighted by atomic mass is 10.2. The number of halogens is 1. The molecule has 0 saturated heterocycles. The number of nitrogens with one attached hydrogen (secondary N) is 1. The number of nitrogens with two attached hydrogens (primary N) is 1. The van der Waals surface area contributed by atoms with Gasteiger partial charge < -0.3 is 16.3 Å². The van der Waals surface area contributed by atoms with Gasteiger partial charge in [-0.05, 0) is 17.7 Å². The Morgan fingerprint density at radius 1 is 1.57 bits per heavy atom. The van der Waals surface area contributed by atoms with Crippen LogP contribution in [0.15, 0.2) is 29.4 Å².